The largest absolute Gasteiger partial charge is 0.324 e. The molecule has 0 saturated carbocycles. The molecule has 0 aliphatic heterocycles. The second kappa shape index (κ2) is 18.2. The van der Waals surface area contributed by atoms with Gasteiger partial charge in [0.1, 0.15) is 9.79 Å². The zero-order chi connectivity index (χ0) is 48.5. The number of hydrogen-bond donors (Lipinski definition) is 8. The van der Waals surface area contributed by atoms with Gasteiger partial charge in [0, 0.05) is 16.8 Å². The van der Waals surface area contributed by atoms with Gasteiger partial charge < -0.3 is 16.0 Å². The molecule has 0 aliphatic rings. The third-order valence-corrected chi connectivity index (χ3v) is 13.1. The van der Waals surface area contributed by atoms with E-state index in [9.17, 15) is 64.9 Å². The van der Waals surface area contributed by atoms with Crippen LogP contribution < -0.4 is 16.0 Å². The van der Waals surface area contributed by atoms with E-state index in [1.807, 2.05) is 0 Å². The number of fused-ring (bicyclic) bond motifs is 1. The van der Waals surface area contributed by atoms with Crippen LogP contribution in [-0.4, -0.2) is 79.8 Å². The third-order valence-electron chi connectivity index (χ3n) is 8.78. The van der Waals surface area contributed by atoms with E-state index in [4.69, 9.17) is 0 Å². The standard InChI is InChI=1S/C37H28N10O15S5/c48-63(49,50)28-13-10-24(11-14-28)45-47-27-12-15-32(34(19-27)67(60,61)62)40-37-42-35(41-36(43-37)39-25-2-1-3-29(17-25)64(51,52)53)38-22-6-8-23(9-7-22)44-46-26-5-4-21-16-30(65(54,55)56)20-33(31(21)18-26)66(57,58)59/h1-20H,(H,48,49,50)(H,51,52,53)(H,54,55,56)(H,57,58,59)(H,60,61,62)(H3,38,39,40,41,42,43). The van der Waals surface area contributed by atoms with Crippen LogP contribution in [0.3, 0.4) is 0 Å². The predicted molar refractivity (Wildman–Crippen MR) is 237 cm³/mol. The van der Waals surface area contributed by atoms with Gasteiger partial charge in [0.25, 0.3) is 50.6 Å². The molecule has 0 aliphatic carbocycles. The molecule has 0 atom stereocenters. The van der Waals surface area contributed by atoms with Gasteiger partial charge in [0.15, 0.2) is 0 Å². The summed E-state index contributed by atoms with van der Waals surface area (Å²) in [7, 11) is -23.9. The normalized spacial score (nSPS) is 12.7. The van der Waals surface area contributed by atoms with Crippen molar-refractivity contribution in [1.29, 1.82) is 0 Å². The molecule has 1 heterocycles. The highest BCUT2D eigenvalue weighted by Gasteiger charge is 2.22. The Morgan fingerprint density at radius 1 is 0.373 bits per heavy atom. The SMILES string of the molecule is O=S(=O)(O)c1ccc(N=Nc2ccc(Nc3nc(Nc4ccc(N=Nc5ccc6cc(S(=O)(=O)O)cc(S(=O)(=O)O)c6c5)cc4)nc(Nc4cccc(S(=O)(=O)O)c4)n3)c(S(=O)(=O)O)c2)cc1. The van der Waals surface area contributed by atoms with E-state index in [2.05, 4.69) is 51.4 Å². The number of aromatic nitrogens is 3. The molecule has 8 N–H and O–H groups in total. The summed E-state index contributed by atoms with van der Waals surface area (Å²) in [5, 5.41) is 24.3. The molecule has 0 fully saturated rings. The molecule has 346 valence electrons. The van der Waals surface area contributed by atoms with Crippen LogP contribution in [0.4, 0.5) is 57.7 Å². The molecule has 0 bridgehead atoms. The van der Waals surface area contributed by atoms with Crippen molar-refractivity contribution in [2.75, 3.05) is 16.0 Å². The molecule has 6 aromatic carbocycles. The average Bonchev–Trinajstić information content (AvgIpc) is 3.24. The summed E-state index contributed by atoms with van der Waals surface area (Å²) in [6, 6.07) is 24.4. The van der Waals surface area contributed by atoms with Gasteiger partial charge in [-0.05, 0) is 115 Å². The monoisotopic (exact) mass is 1010 g/mol. The number of rotatable bonds is 15. The maximum Gasteiger partial charge on any atom is 0.296 e. The van der Waals surface area contributed by atoms with Crippen LogP contribution in [0.5, 0.6) is 0 Å². The highest BCUT2D eigenvalue weighted by Crippen LogP contribution is 2.33. The molecule has 0 amide bonds. The lowest BCUT2D eigenvalue weighted by molar-refractivity contribution is 0.478. The smallest absolute Gasteiger partial charge is 0.296 e. The minimum atomic E-state index is -4.99. The zero-order valence-corrected chi connectivity index (χ0v) is 37.1. The summed E-state index contributed by atoms with van der Waals surface area (Å²) in [6.45, 7) is 0. The molecule has 0 saturated heterocycles. The Kier molecular flexibility index (Phi) is 13.0. The van der Waals surface area contributed by atoms with E-state index < -0.39 is 75.1 Å². The number of anilines is 6. The Hall–Kier alpha value is -7.26. The van der Waals surface area contributed by atoms with Gasteiger partial charge >= 0.3 is 0 Å². The van der Waals surface area contributed by atoms with E-state index in [1.165, 1.54) is 78.9 Å². The van der Waals surface area contributed by atoms with Gasteiger partial charge in [-0.2, -0.15) is 77.5 Å². The molecule has 7 aromatic rings. The lowest BCUT2D eigenvalue weighted by atomic mass is 10.1. The highest BCUT2D eigenvalue weighted by atomic mass is 32.2. The fraction of sp³-hybridized carbons (Fsp3) is 0. The van der Waals surface area contributed by atoms with Crippen LogP contribution in [0, 0.1) is 0 Å². The molecule has 0 spiro atoms. The second-order valence-corrected chi connectivity index (χ2v) is 20.6. The Balaban J connectivity index is 1.17. The Bertz CT molecular complexity index is 3750. The molecule has 67 heavy (non-hydrogen) atoms. The fourth-order valence-electron chi connectivity index (χ4n) is 5.78. The van der Waals surface area contributed by atoms with Gasteiger partial charge in [-0.15, -0.1) is 0 Å². The summed E-state index contributed by atoms with van der Waals surface area (Å²) in [5.74, 6) is -0.781. The zero-order valence-electron chi connectivity index (χ0n) is 33.0. The van der Waals surface area contributed by atoms with Crippen molar-refractivity contribution in [1.82, 2.24) is 15.0 Å². The van der Waals surface area contributed by atoms with Crippen LogP contribution in [0.2, 0.25) is 0 Å². The molecule has 0 unspecified atom stereocenters. The van der Waals surface area contributed by atoms with Gasteiger partial charge in [0.2, 0.25) is 17.8 Å². The Morgan fingerprint density at radius 2 is 0.851 bits per heavy atom. The van der Waals surface area contributed by atoms with Gasteiger partial charge in [-0.3, -0.25) is 22.8 Å². The molecule has 30 heteroatoms. The number of benzene rings is 6. The molecule has 1 aromatic heterocycles. The number of hydrogen-bond acceptors (Lipinski definition) is 20. The Labute approximate surface area is 379 Å². The first-order chi connectivity index (χ1) is 31.3. The minimum Gasteiger partial charge on any atom is -0.324 e. The lowest BCUT2D eigenvalue weighted by Gasteiger charge is -2.13. The molecule has 7 rings (SSSR count). The van der Waals surface area contributed by atoms with Crippen molar-refractivity contribution >= 4 is 119 Å². The average molecular weight is 1010 g/mol. The Morgan fingerprint density at radius 3 is 1.40 bits per heavy atom. The molecule has 25 nitrogen and oxygen atoms in total. The molecular weight excluding hydrogens is 985 g/mol. The van der Waals surface area contributed by atoms with E-state index in [0.29, 0.717) is 11.8 Å². The summed E-state index contributed by atoms with van der Waals surface area (Å²) >= 11 is 0. The van der Waals surface area contributed by atoms with Crippen LogP contribution in [0.15, 0.2) is 166 Å². The fourth-order valence-corrected chi connectivity index (χ4v) is 8.80. The van der Waals surface area contributed by atoms with Crippen molar-refractivity contribution in [3.63, 3.8) is 0 Å². The summed E-state index contributed by atoms with van der Waals surface area (Å²) < 4.78 is 167. The molecule has 0 radical (unpaired) electrons. The number of nitrogens with one attached hydrogen (secondary N) is 3. The lowest BCUT2D eigenvalue weighted by Crippen LogP contribution is -2.09. The van der Waals surface area contributed by atoms with Crippen LogP contribution in [0.25, 0.3) is 10.8 Å². The summed E-state index contributed by atoms with van der Waals surface area (Å²) in [5.41, 5.74) is 0.531. The van der Waals surface area contributed by atoms with Crippen LogP contribution in [-0.2, 0) is 50.6 Å². The van der Waals surface area contributed by atoms with E-state index in [0.717, 1.165) is 36.4 Å². The predicted octanol–water partition coefficient (Wildman–Crippen LogP) is 7.32. The van der Waals surface area contributed by atoms with E-state index in [1.54, 1.807) is 0 Å². The van der Waals surface area contributed by atoms with Gasteiger partial charge in [-0.25, -0.2) is 0 Å². The minimum absolute atomic E-state index is 0.0435. The second-order valence-electron chi connectivity index (χ2n) is 13.5. The molecular formula is C37H28N10O15S5. The van der Waals surface area contributed by atoms with Crippen molar-refractivity contribution in [3.05, 3.63) is 121 Å². The van der Waals surface area contributed by atoms with E-state index >= 15 is 0 Å². The summed E-state index contributed by atoms with van der Waals surface area (Å²) in [4.78, 5) is 9.68. The van der Waals surface area contributed by atoms with E-state index in [-0.39, 0.29) is 62.7 Å². The number of nitrogens with zero attached hydrogens (tertiary/aromatic N) is 7. The maximum absolute atomic E-state index is 12.6. The van der Waals surface area contributed by atoms with Gasteiger partial charge in [0.05, 0.1) is 43.1 Å². The van der Waals surface area contributed by atoms with Gasteiger partial charge in [-0.1, -0.05) is 12.1 Å². The quantitative estimate of drug-likeness (QED) is 0.0368. The first-order valence-electron chi connectivity index (χ1n) is 18.1. The topological polar surface area (TPSA) is 396 Å². The first kappa shape index (κ1) is 47.7. The van der Waals surface area contributed by atoms with Crippen LogP contribution in [0.1, 0.15) is 0 Å². The maximum atomic E-state index is 12.6. The first-order valence-corrected chi connectivity index (χ1v) is 25.3. The van der Waals surface area contributed by atoms with Crippen LogP contribution >= 0.6 is 0 Å². The number of azo groups is 2. The van der Waals surface area contributed by atoms with Crippen molar-refractivity contribution in [2.45, 2.75) is 24.5 Å². The van der Waals surface area contributed by atoms with Crippen molar-refractivity contribution < 1.29 is 64.9 Å². The highest BCUT2D eigenvalue weighted by molar-refractivity contribution is 7.87. The van der Waals surface area contributed by atoms with Crippen molar-refractivity contribution in [2.24, 2.45) is 20.5 Å². The summed E-state index contributed by atoms with van der Waals surface area (Å²) in [6.07, 6.45) is 0. The van der Waals surface area contributed by atoms with Crippen molar-refractivity contribution in [3.8, 4) is 0 Å². The third kappa shape index (κ3) is 12.2.